The maximum Gasteiger partial charge on any atom is 0.189 e. The van der Waals surface area contributed by atoms with Gasteiger partial charge in [0.1, 0.15) is 5.69 Å². The molecular weight excluding hydrogens is 328 g/mol. The number of benzene rings is 1. The second kappa shape index (κ2) is 7.14. The van der Waals surface area contributed by atoms with Crippen LogP contribution < -0.4 is 0 Å². The largest absolute Gasteiger partial charge is 0.354 e. The second-order valence-electron chi connectivity index (χ2n) is 5.92. The molecule has 128 valence electrons. The molecule has 0 aliphatic heterocycles. The van der Waals surface area contributed by atoms with Gasteiger partial charge in [-0.15, -0.1) is 0 Å². The summed E-state index contributed by atoms with van der Waals surface area (Å²) in [5.41, 5.74) is 2.94. The summed E-state index contributed by atoms with van der Waals surface area (Å²) >= 11 is 0. The average Bonchev–Trinajstić information content (AvgIpc) is 3.33. The van der Waals surface area contributed by atoms with E-state index in [1.54, 1.807) is 18.5 Å². The number of rotatable bonds is 6. The fourth-order valence-electron chi connectivity index (χ4n) is 2.67. The Balaban J connectivity index is 1.43. The number of carbonyl (C=O) groups is 1. The number of hydrogen-bond donors (Lipinski definition) is 0. The van der Waals surface area contributed by atoms with Gasteiger partial charge in [0, 0.05) is 24.9 Å². The summed E-state index contributed by atoms with van der Waals surface area (Å²) in [4.78, 5) is 16.6. The molecule has 1 aromatic carbocycles. The Kier molecular flexibility index (Phi) is 4.38. The summed E-state index contributed by atoms with van der Waals surface area (Å²) in [6.07, 6.45) is 5.48. The number of hydrogen-bond acceptors (Lipinski definition) is 5. The average molecular weight is 344 g/mol. The minimum atomic E-state index is -0.116. The molecule has 0 aliphatic carbocycles. The van der Waals surface area contributed by atoms with E-state index in [0.29, 0.717) is 23.7 Å². The van der Waals surface area contributed by atoms with Crippen LogP contribution in [0.4, 0.5) is 0 Å². The molecule has 0 N–H and O–H groups in total. The van der Waals surface area contributed by atoms with Crippen molar-refractivity contribution < 1.29 is 9.32 Å². The number of Topliss-reactive ketones (excluding diaryl/α,β-unsaturated/α-hetero) is 1. The van der Waals surface area contributed by atoms with Gasteiger partial charge in [-0.1, -0.05) is 41.6 Å². The lowest BCUT2D eigenvalue weighted by Crippen LogP contribution is -2.03. The Morgan fingerprint density at radius 3 is 2.69 bits per heavy atom. The lowest BCUT2D eigenvalue weighted by molar-refractivity contribution is 0.0984. The van der Waals surface area contributed by atoms with Gasteiger partial charge in [0.25, 0.3) is 0 Å². The smallest absolute Gasteiger partial charge is 0.189 e. The molecule has 0 atom stereocenters. The zero-order valence-corrected chi connectivity index (χ0v) is 13.9. The molecule has 0 fully saturated rings. The van der Waals surface area contributed by atoms with Crippen LogP contribution in [0.3, 0.4) is 0 Å². The van der Waals surface area contributed by atoms with Crippen LogP contribution in [0.1, 0.15) is 21.6 Å². The molecule has 3 aromatic heterocycles. The molecule has 0 spiro atoms. The summed E-state index contributed by atoms with van der Waals surface area (Å²) in [6.45, 7) is 0.669. The highest BCUT2D eigenvalue weighted by Gasteiger charge is 2.15. The number of pyridine rings is 1. The van der Waals surface area contributed by atoms with Crippen molar-refractivity contribution in [2.45, 2.75) is 13.0 Å². The summed E-state index contributed by atoms with van der Waals surface area (Å²) in [6, 6.07) is 17.2. The van der Waals surface area contributed by atoms with Crippen molar-refractivity contribution in [3.8, 4) is 11.5 Å². The van der Waals surface area contributed by atoms with Crippen LogP contribution in [0, 0.1) is 0 Å². The predicted octanol–water partition coefficient (Wildman–Crippen LogP) is 3.41. The summed E-state index contributed by atoms with van der Waals surface area (Å²) in [7, 11) is 0. The first-order valence-electron chi connectivity index (χ1n) is 8.24. The van der Waals surface area contributed by atoms with Crippen LogP contribution in [-0.2, 0) is 13.0 Å². The molecule has 0 unspecified atom stereocenters. The normalized spacial score (nSPS) is 10.8. The first-order chi connectivity index (χ1) is 12.8. The minimum absolute atomic E-state index is 0.116. The molecule has 3 heterocycles. The van der Waals surface area contributed by atoms with Crippen LogP contribution >= 0.6 is 0 Å². The Hall–Kier alpha value is -3.54. The van der Waals surface area contributed by atoms with Crippen molar-refractivity contribution in [1.82, 2.24) is 19.9 Å². The van der Waals surface area contributed by atoms with E-state index in [1.807, 2.05) is 59.4 Å². The first kappa shape index (κ1) is 16.0. The van der Waals surface area contributed by atoms with E-state index < -0.39 is 0 Å². The van der Waals surface area contributed by atoms with Crippen LogP contribution in [-0.4, -0.2) is 25.7 Å². The monoisotopic (exact) mass is 344 g/mol. The van der Waals surface area contributed by atoms with Crippen molar-refractivity contribution in [3.05, 3.63) is 90.0 Å². The maximum absolute atomic E-state index is 12.4. The van der Waals surface area contributed by atoms with Gasteiger partial charge in [0.2, 0.25) is 0 Å². The lowest BCUT2D eigenvalue weighted by Gasteiger charge is -2.00. The van der Waals surface area contributed by atoms with Crippen molar-refractivity contribution in [2.24, 2.45) is 0 Å². The molecule has 0 amide bonds. The highest BCUT2D eigenvalue weighted by atomic mass is 16.5. The zero-order valence-electron chi connectivity index (χ0n) is 13.9. The lowest BCUT2D eigenvalue weighted by atomic mass is 10.1. The molecule has 0 saturated carbocycles. The highest BCUT2D eigenvalue weighted by Crippen LogP contribution is 2.18. The van der Waals surface area contributed by atoms with E-state index in [0.717, 1.165) is 11.1 Å². The van der Waals surface area contributed by atoms with Gasteiger partial charge in [0.15, 0.2) is 17.2 Å². The van der Waals surface area contributed by atoms with E-state index >= 15 is 0 Å². The molecule has 0 aliphatic rings. The van der Waals surface area contributed by atoms with Gasteiger partial charge >= 0.3 is 0 Å². The van der Waals surface area contributed by atoms with Gasteiger partial charge in [-0.3, -0.25) is 14.5 Å². The summed E-state index contributed by atoms with van der Waals surface area (Å²) < 4.78 is 7.06. The third-order valence-electron chi connectivity index (χ3n) is 3.95. The van der Waals surface area contributed by atoms with Crippen LogP contribution in [0.15, 0.2) is 77.7 Å². The molecule has 6 heteroatoms. The Labute approximate surface area is 150 Å². The summed E-state index contributed by atoms with van der Waals surface area (Å²) in [5, 5.41) is 8.19. The van der Waals surface area contributed by atoms with E-state index in [2.05, 4.69) is 15.2 Å². The van der Waals surface area contributed by atoms with E-state index in [4.69, 9.17) is 4.52 Å². The van der Waals surface area contributed by atoms with Gasteiger partial charge < -0.3 is 4.52 Å². The van der Waals surface area contributed by atoms with Crippen LogP contribution in [0.25, 0.3) is 11.5 Å². The number of carbonyl (C=O) groups excluding carboxylic acids is 1. The van der Waals surface area contributed by atoms with Gasteiger partial charge in [-0.05, 0) is 23.3 Å². The van der Waals surface area contributed by atoms with Crippen LogP contribution in [0.5, 0.6) is 0 Å². The zero-order chi connectivity index (χ0) is 17.8. The Morgan fingerprint density at radius 2 is 1.88 bits per heavy atom. The van der Waals surface area contributed by atoms with Gasteiger partial charge in [0.05, 0.1) is 12.7 Å². The van der Waals surface area contributed by atoms with E-state index in [1.165, 1.54) is 0 Å². The quantitative estimate of drug-likeness (QED) is 0.501. The third kappa shape index (κ3) is 3.59. The maximum atomic E-state index is 12.4. The standard InChI is InChI=1S/C20H16N4O2/c25-19(18-11-20(26-23-18)17-8-4-5-9-21-17)10-16-12-22-24(14-16)13-15-6-2-1-3-7-15/h1-9,11-12,14H,10,13H2. The minimum Gasteiger partial charge on any atom is -0.354 e. The fraction of sp³-hybridized carbons (Fsp3) is 0.100. The number of aromatic nitrogens is 4. The molecular formula is C20H16N4O2. The van der Waals surface area contributed by atoms with E-state index in [9.17, 15) is 4.79 Å². The SMILES string of the molecule is O=C(Cc1cnn(Cc2ccccc2)c1)c1cc(-c2ccccn2)on1. The van der Waals surface area contributed by atoms with Crippen molar-refractivity contribution >= 4 is 5.78 Å². The molecule has 4 rings (SSSR count). The topological polar surface area (TPSA) is 73.8 Å². The fourth-order valence-corrected chi connectivity index (χ4v) is 2.67. The van der Waals surface area contributed by atoms with Crippen molar-refractivity contribution in [2.75, 3.05) is 0 Å². The molecule has 0 saturated heterocycles. The predicted molar refractivity (Wildman–Crippen MR) is 95.5 cm³/mol. The Bertz CT molecular complexity index is 1010. The first-order valence-corrected chi connectivity index (χ1v) is 8.24. The van der Waals surface area contributed by atoms with Crippen LogP contribution in [0.2, 0.25) is 0 Å². The van der Waals surface area contributed by atoms with Gasteiger partial charge in [-0.25, -0.2) is 0 Å². The van der Waals surface area contributed by atoms with Gasteiger partial charge in [-0.2, -0.15) is 5.10 Å². The van der Waals surface area contributed by atoms with Crippen molar-refractivity contribution in [1.29, 1.82) is 0 Å². The van der Waals surface area contributed by atoms with E-state index in [-0.39, 0.29) is 12.2 Å². The number of nitrogens with zero attached hydrogens (tertiary/aromatic N) is 4. The molecule has 6 nitrogen and oxygen atoms in total. The highest BCUT2D eigenvalue weighted by molar-refractivity contribution is 5.96. The molecule has 0 bridgehead atoms. The number of ketones is 1. The summed E-state index contributed by atoms with van der Waals surface area (Å²) in [5.74, 6) is 0.365. The molecule has 26 heavy (non-hydrogen) atoms. The molecule has 0 radical (unpaired) electrons. The Morgan fingerprint density at radius 1 is 1.04 bits per heavy atom. The van der Waals surface area contributed by atoms with Crippen molar-refractivity contribution in [3.63, 3.8) is 0 Å². The molecule has 4 aromatic rings. The second-order valence-corrected chi connectivity index (χ2v) is 5.92. The third-order valence-corrected chi connectivity index (χ3v) is 3.95.